The first-order valence-corrected chi connectivity index (χ1v) is 9.44. The second kappa shape index (κ2) is 8.57. The first-order valence-electron chi connectivity index (χ1n) is 9.44. The van der Waals surface area contributed by atoms with E-state index in [9.17, 15) is 4.39 Å². The zero-order valence-electron chi connectivity index (χ0n) is 16.3. The van der Waals surface area contributed by atoms with Gasteiger partial charge in [0.1, 0.15) is 5.82 Å². The van der Waals surface area contributed by atoms with Gasteiger partial charge in [0.25, 0.3) is 0 Å². The first-order chi connectivity index (χ1) is 14.6. The Morgan fingerprint density at radius 2 is 1.77 bits per heavy atom. The van der Waals surface area contributed by atoms with Crippen molar-refractivity contribution in [1.29, 1.82) is 5.41 Å². The van der Waals surface area contributed by atoms with E-state index in [1.54, 1.807) is 36.7 Å². The predicted molar refractivity (Wildman–Crippen MR) is 115 cm³/mol. The van der Waals surface area contributed by atoms with Crippen molar-refractivity contribution in [2.75, 3.05) is 10.6 Å². The molecule has 30 heavy (non-hydrogen) atoms. The number of nitrogens with one attached hydrogen (secondary N) is 3. The molecule has 1 unspecified atom stereocenters. The van der Waals surface area contributed by atoms with Crippen molar-refractivity contribution in [3.8, 4) is 11.1 Å². The number of benzene rings is 2. The number of hydrogen-bond donors (Lipinski definition) is 3. The second-order valence-electron chi connectivity index (χ2n) is 6.80. The van der Waals surface area contributed by atoms with Crippen molar-refractivity contribution in [2.45, 2.75) is 12.8 Å². The van der Waals surface area contributed by atoms with Gasteiger partial charge >= 0.3 is 0 Å². The molecule has 150 valence electrons. The summed E-state index contributed by atoms with van der Waals surface area (Å²) in [6, 6.07) is 19.8. The summed E-state index contributed by atoms with van der Waals surface area (Å²) in [7, 11) is 0. The van der Waals surface area contributed by atoms with Crippen LogP contribution in [0.1, 0.15) is 24.1 Å². The highest BCUT2D eigenvalue weighted by Gasteiger charge is 2.17. The van der Waals surface area contributed by atoms with Crippen molar-refractivity contribution in [1.82, 2.24) is 10.1 Å². The van der Waals surface area contributed by atoms with Gasteiger partial charge in [0.2, 0.25) is 5.88 Å². The molecule has 0 saturated heterocycles. The maximum Gasteiger partial charge on any atom is 0.231 e. The number of nitrogens with zero attached hydrogens (tertiary/aromatic N) is 2. The Balaban J connectivity index is 1.45. The Hall–Kier alpha value is -4.00. The third-order valence-corrected chi connectivity index (χ3v) is 4.75. The van der Waals surface area contributed by atoms with Crippen LogP contribution in [0.5, 0.6) is 0 Å². The van der Waals surface area contributed by atoms with E-state index in [1.807, 2.05) is 43.3 Å². The minimum absolute atomic E-state index is 0.0369. The third-order valence-electron chi connectivity index (χ3n) is 4.75. The molecule has 1 atom stereocenters. The molecule has 6 nitrogen and oxygen atoms in total. The van der Waals surface area contributed by atoms with Crippen LogP contribution >= 0.6 is 0 Å². The van der Waals surface area contributed by atoms with Gasteiger partial charge < -0.3 is 9.84 Å². The van der Waals surface area contributed by atoms with Crippen molar-refractivity contribution in [3.63, 3.8) is 0 Å². The largest absolute Gasteiger partial charge is 0.338 e. The highest BCUT2D eigenvalue weighted by Crippen LogP contribution is 2.30. The summed E-state index contributed by atoms with van der Waals surface area (Å²) in [6.45, 7) is 1.93. The fraction of sp³-hybridized carbons (Fsp3) is 0.0870. The van der Waals surface area contributed by atoms with Crippen LogP contribution in [0, 0.1) is 11.2 Å². The molecular weight excluding hydrogens is 381 g/mol. The van der Waals surface area contributed by atoms with E-state index in [0.29, 0.717) is 17.1 Å². The Kier molecular flexibility index (Phi) is 5.52. The van der Waals surface area contributed by atoms with Crippen LogP contribution in [-0.4, -0.2) is 16.1 Å². The predicted octanol–water partition coefficient (Wildman–Crippen LogP) is 5.49. The molecule has 0 amide bonds. The summed E-state index contributed by atoms with van der Waals surface area (Å²) < 4.78 is 20.0. The molecule has 2 aromatic carbocycles. The summed E-state index contributed by atoms with van der Waals surface area (Å²) >= 11 is 0. The van der Waals surface area contributed by atoms with Crippen LogP contribution < -0.4 is 10.6 Å². The number of hydrogen-bond acceptors (Lipinski definition) is 4. The Labute approximate surface area is 173 Å². The standard InChI is InChI=1S/C23H20FN5O/c1-15(17-7-8-19(20(24)13-17)16-5-3-2-4-6-16)21-14-22(30-29-21)28-23(25)27-18-9-11-26-12-10-18/h2-15H,1H3,(H3,25,26,27,28). The zero-order valence-corrected chi connectivity index (χ0v) is 16.3. The van der Waals surface area contributed by atoms with E-state index in [4.69, 9.17) is 9.93 Å². The van der Waals surface area contributed by atoms with E-state index in [2.05, 4.69) is 20.8 Å². The molecule has 7 heteroatoms. The van der Waals surface area contributed by atoms with Gasteiger partial charge in [0.15, 0.2) is 5.96 Å². The maximum absolute atomic E-state index is 14.7. The van der Waals surface area contributed by atoms with Gasteiger partial charge in [0.05, 0.1) is 5.69 Å². The minimum atomic E-state index is -0.282. The van der Waals surface area contributed by atoms with Crippen molar-refractivity contribution in [3.05, 3.63) is 96.2 Å². The lowest BCUT2D eigenvalue weighted by atomic mass is 9.95. The lowest BCUT2D eigenvalue weighted by Gasteiger charge is -2.11. The molecule has 4 aromatic rings. The molecule has 0 radical (unpaired) electrons. The SMILES string of the molecule is CC(c1ccc(-c2ccccc2)c(F)c1)c1cc(NC(=N)Nc2ccncc2)on1. The fourth-order valence-electron chi connectivity index (χ4n) is 3.11. The Morgan fingerprint density at radius 3 is 2.50 bits per heavy atom. The smallest absolute Gasteiger partial charge is 0.231 e. The van der Waals surface area contributed by atoms with Crippen molar-refractivity contribution in [2.24, 2.45) is 0 Å². The molecule has 2 heterocycles. The molecule has 0 spiro atoms. The van der Waals surface area contributed by atoms with Gasteiger partial charge in [-0.1, -0.05) is 54.5 Å². The highest BCUT2D eigenvalue weighted by molar-refractivity contribution is 6.00. The molecule has 3 N–H and O–H groups in total. The second-order valence-corrected chi connectivity index (χ2v) is 6.80. The molecule has 0 aliphatic rings. The lowest BCUT2D eigenvalue weighted by Crippen LogP contribution is -2.20. The summed E-state index contributed by atoms with van der Waals surface area (Å²) in [5.41, 5.74) is 3.55. The molecular formula is C23H20FN5O. The van der Waals surface area contributed by atoms with Gasteiger partial charge in [-0.05, 0) is 29.3 Å². The molecule has 0 aliphatic carbocycles. The van der Waals surface area contributed by atoms with Crippen molar-refractivity contribution < 1.29 is 8.91 Å². The van der Waals surface area contributed by atoms with Gasteiger partial charge in [-0.3, -0.25) is 15.7 Å². The number of aromatic nitrogens is 2. The van der Waals surface area contributed by atoms with E-state index < -0.39 is 0 Å². The van der Waals surface area contributed by atoms with Gasteiger partial charge in [-0.2, -0.15) is 0 Å². The molecule has 0 aliphatic heterocycles. The topological polar surface area (TPSA) is 86.8 Å². The average Bonchev–Trinajstić information content (AvgIpc) is 3.22. The maximum atomic E-state index is 14.7. The Morgan fingerprint density at radius 1 is 1.00 bits per heavy atom. The van der Waals surface area contributed by atoms with Crippen LogP contribution in [-0.2, 0) is 0 Å². The summed E-state index contributed by atoms with van der Waals surface area (Å²) in [4.78, 5) is 3.93. The first kappa shape index (κ1) is 19.3. The number of anilines is 2. The van der Waals surface area contributed by atoms with Crippen molar-refractivity contribution >= 4 is 17.5 Å². The Bertz CT molecular complexity index is 1140. The summed E-state index contributed by atoms with van der Waals surface area (Å²) in [5, 5.41) is 17.8. The van der Waals surface area contributed by atoms with Crippen LogP contribution in [0.2, 0.25) is 0 Å². The number of pyridine rings is 1. The van der Waals surface area contributed by atoms with Gasteiger partial charge in [-0.15, -0.1) is 0 Å². The quantitative estimate of drug-likeness (QED) is 0.304. The van der Waals surface area contributed by atoms with E-state index in [-0.39, 0.29) is 17.7 Å². The lowest BCUT2D eigenvalue weighted by molar-refractivity contribution is 0.424. The zero-order chi connectivity index (χ0) is 20.9. The average molecular weight is 401 g/mol. The van der Waals surface area contributed by atoms with Crippen LogP contribution in [0.15, 0.2) is 83.6 Å². The molecule has 0 fully saturated rings. The van der Waals surface area contributed by atoms with Gasteiger partial charge in [0, 0.05) is 35.6 Å². The van der Waals surface area contributed by atoms with Crippen LogP contribution in [0.4, 0.5) is 16.0 Å². The van der Waals surface area contributed by atoms with Crippen LogP contribution in [0.3, 0.4) is 0 Å². The van der Waals surface area contributed by atoms with E-state index in [1.165, 1.54) is 6.07 Å². The number of rotatable bonds is 5. The molecule has 0 saturated carbocycles. The highest BCUT2D eigenvalue weighted by atomic mass is 19.1. The van der Waals surface area contributed by atoms with Gasteiger partial charge in [-0.25, -0.2) is 4.39 Å². The van der Waals surface area contributed by atoms with E-state index >= 15 is 0 Å². The third kappa shape index (κ3) is 4.35. The normalized spacial score (nSPS) is 11.7. The summed E-state index contributed by atoms with van der Waals surface area (Å²) in [5.74, 6) is -0.0960. The molecule has 0 bridgehead atoms. The fourth-order valence-corrected chi connectivity index (χ4v) is 3.11. The molecule has 4 rings (SSSR count). The monoisotopic (exact) mass is 401 g/mol. The molecule has 2 aromatic heterocycles. The van der Waals surface area contributed by atoms with Crippen LogP contribution in [0.25, 0.3) is 11.1 Å². The number of guanidine groups is 1. The number of halogens is 1. The minimum Gasteiger partial charge on any atom is -0.338 e. The van der Waals surface area contributed by atoms with E-state index in [0.717, 1.165) is 16.8 Å². The summed E-state index contributed by atoms with van der Waals surface area (Å²) in [6.07, 6.45) is 3.26.